The maximum absolute atomic E-state index is 12.7. The minimum absolute atomic E-state index is 0.129. The van der Waals surface area contributed by atoms with Gasteiger partial charge in [-0.1, -0.05) is 0 Å². The van der Waals surface area contributed by atoms with Crippen LogP contribution in [0.4, 0.5) is 5.69 Å². The number of ketones is 1. The molecule has 0 aliphatic carbocycles. The molecular formula is C17H22N2O4S. The molecule has 0 bridgehead atoms. The maximum atomic E-state index is 12.7. The van der Waals surface area contributed by atoms with Gasteiger partial charge in [-0.15, -0.1) is 0 Å². The van der Waals surface area contributed by atoms with E-state index in [0.717, 1.165) is 31.6 Å². The first-order chi connectivity index (χ1) is 11.5. The van der Waals surface area contributed by atoms with E-state index in [1.807, 2.05) is 23.1 Å². The molecule has 0 radical (unpaired) electrons. The van der Waals surface area contributed by atoms with E-state index >= 15 is 0 Å². The quantitative estimate of drug-likeness (QED) is 0.815. The van der Waals surface area contributed by atoms with Crippen LogP contribution >= 0.6 is 0 Å². The maximum Gasteiger partial charge on any atom is 0.170 e. The Balaban J connectivity index is 1.58. The van der Waals surface area contributed by atoms with Gasteiger partial charge in [-0.05, 0) is 31.3 Å². The number of hydrogen-bond acceptors (Lipinski definition) is 6. The van der Waals surface area contributed by atoms with Crippen molar-refractivity contribution in [3.63, 3.8) is 0 Å². The highest BCUT2D eigenvalue weighted by Gasteiger charge is 2.41. The summed E-state index contributed by atoms with van der Waals surface area (Å²) in [6, 6.07) is 5.67. The number of piperidine rings is 1. The Kier molecular flexibility index (Phi) is 3.80. The van der Waals surface area contributed by atoms with Gasteiger partial charge in [0.05, 0.1) is 23.5 Å². The van der Waals surface area contributed by atoms with Crippen molar-refractivity contribution < 1.29 is 17.9 Å². The second-order valence-electron chi connectivity index (χ2n) is 6.95. The third-order valence-corrected chi connectivity index (χ3v) is 6.91. The molecule has 130 valence electrons. The first-order valence-corrected chi connectivity index (χ1v) is 10.3. The molecule has 2 fully saturated rings. The van der Waals surface area contributed by atoms with E-state index in [4.69, 9.17) is 4.74 Å². The molecule has 3 aliphatic heterocycles. The lowest BCUT2D eigenvalue weighted by Gasteiger charge is -2.41. The van der Waals surface area contributed by atoms with Crippen LogP contribution in [0.15, 0.2) is 18.2 Å². The molecule has 24 heavy (non-hydrogen) atoms. The number of rotatable bonds is 1. The normalized spacial score (nSPS) is 25.2. The lowest BCUT2D eigenvalue weighted by molar-refractivity contribution is 0.0187. The summed E-state index contributed by atoms with van der Waals surface area (Å²) in [5.74, 6) is 1.14. The lowest BCUT2D eigenvalue weighted by atomic mass is 9.83. The number of nitrogens with zero attached hydrogens (tertiary/aromatic N) is 1. The molecule has 1 spiro atoms. The number of nitrogens with one attached hydrogen (secondary N) is 1. The van der Waals surface area contributed by atoms with Crippen molar-refractivity contribution in [2.24, 2.45) is 0 Å². The van der Waals surface area contributed by atoms with Crippen LogP contribution in [-0.2, 0) is 9.84 Å². The van der Waals surface area contributed by atoms with E-state index in [-0.39, 0.29) is 22.9 Å². The zero-order valence-electron chi connectivity index (χ0n) is 13.6. The highest BCUT2D eigenvalue weighted by molar-refractivity contribution is 7.91. The predicted molar refractivity (Wildman–Crippen MR) is 91.7 cm³/mol. The Morgan fingerprint density at radius 3 is 2.54 bits per heavy atom. The van der Waals surface area contributed by atoms with E-state index in [0.29, 0.717) is 30.8 Å². The molecular weight excluding hydrogens is 328 g/mol. The van der Waals surface area contributed by atoms with Crippen molar-refractivity contribution in [2.75, 3.05) is 42.6 Å². The van der Waals surface area contributed by atoms with Gasteiger partial charge in [0.25, 0.3) is 0 Å². The third-order valence-electron chi connectivity index (χ3n) is 5.30. The van der Waals surface area contributed by atoms with Crippen LogP contribution in [0.5, 0.6) is 5.75 Å². The van der Waals surface area contributed by atoms with Crippen LogP contribution in [0.3, 0.4) is 0 Å². The van der Waals surface area contributed by atoms with Gasteiger partial charge in [0, 0.05) is 31.6 Å². The summed E-state index contributed by atoms with van der Waals surface area (Å²) in [5.41, 5.74) is 1.18. The third kappa shape index (κ3) is 2.91. The first kappa shape index (κ1) is 15.9. The van der Waals surface area contributed by atoms with Gasteiger partial charge in [-0.2, -0.15) is 0 Å². The highest BCUT2D eigenvalue weighted by Crippen LogP contribution is 2.39. The number of benzene rings is 1. The number of sulfone groups is 1. The number of anilines is 1. The molecule has 6 nitrogen and oxygen atoms in total. The lowest BCUT2D eigenvalue weighted by Crippen LogP contribution is -2.49. The van der Waals surface area contributed by atoms with E-state index in [1.54, 1.807) is 0 Å². The zero-order chi connectivity index (χ0) is 16.8. The molecule has 0 unspecified atom stereocenters. The second-order valence-corrected chi connectivity index (χ2v) is 9.26. The minimum Gasteiger partial charge on any atom is -0.486 e. The van der Waals surface area contributed by atoms with Crippen molar-refractivity contribution in [1.29, 1.82) is 0 Å². The fourth-order valence-corrected chi connectivity index (χ4v) is 5.01. The zero-order valence-corrected chi connectivity index (χ0v) is 14.4. The molecule has 1 aromatic rings. The fraction of sp³-hybridized carbons (Fsp3) is 0.588. The van der Waals surface area contributed by atoms with Gasteiger partial charge in [-0.3, -0.25) is 4.79 Å². The molecule has 3 aliphatic rings. The summed E-state index contributed by atoms with van der Waals surface area (Å²) in [7, 11) is -2.91. The first-order valence-electron chi connectivity index (χ1n) is 8.49. The molecule has 1 N–H and O–H groups in total. The second kappa shape index (κ2) is 5.74. The number of ether oxygens (including phenoxy) is 1. The van der Waals surface area contributed by atoms with Crippen molar-refractivity contribution in [1.82, 2.24) is 5.32 Å². The average Bonchev–Trinajstić information content (AvgIpc) is 2.55. The largest absolute Gasteiger partial charge is 0.486 e. The highest BCUT2D eigenvalue weighted by atomic mass is 32.2. The number of Topliss-reactive ketones (excluding diaryl/α,β-unsaturated/α-hetero) is 1. The van der Waals surface area contributed by atoms with Gasteiger partial charge in [0.15, 0.2) is 15.6 Å². The van der Waals surface area contributed by atoms with Gasteiger partial charge >= 0.3 is 0 Å². The number of carbonyl (C=O) groups excluding carboxylic acids is 1. The molecule has 0 saturated carbocycles. The standard InChI is InChI=1S/C17H22N2O4S/c20-15-12-17(3-5-18-6-4-17)23-16-2-1-13(11-14(15)16)19-7-9-24(21,22)10-8-19/h1-2,11,18H,3-10,12H2. The van der Waals surface area contributed by atoms with Crippen LogP contribution in [0.2, 0.25) is 0 Å². The Morgan fingerprint density at radius 2 is 1.83 bits per heavy atom. The van der Waals surface area contributed by atoms with Gasteiger partial charge in [-0.25, -0.2) is 8.42 Å². The average molecular weight is 350 g/mol. The monoisotopic (exact) mass is 350 g/mol. The number of hydrogen-bond donors (Lipinski definition) is 1. The van der Waals surface area contributed by atoms with Crippen molar-refractivity contribution in [3.8, 4) is 5.75 Å². The van der Waals surface area contributed by atoms with E-state index in [2.05, 4.69) is 5.32 Å². The molecule has 1 aromatic carbocycles. The summed E-state index contributed by atoms with van der Waals surface area (Å²) in [5, 5.41) is 3.31. The molecule has 0 amide bonds. The number of carbonyl (C=O) groups is 1. The van der Waals surface area contributed by atoms with E-state index < -0.39 is 9.84 Å². The van der Waals surface area contributed by atoms with Crippen LogP contribution in [0.25, 0.3) is 0 Å². The Morgan fingerprint density at radius 1 is 1.12 bits per heavy atom. The summed E-state index contributed by atoms with van der Waals surface area (Å²) in [6.07, 6.45) is 2.13. The smallest absolute Gasteiger partial charge is 0.170 e. The van der Waals surface area contributed by atoms with Crippen LogP contribution in [0, 0.1) is 0 Å². The number of fused-ring (bicyclic) bond motifs is 1. The van der Waals surface area contributed by atoms with Crippen LogP contribution < -0.4 is 15.0 Å². The SMILES string of the molecule is O=C1CC2(CCNCC2)Oc2ccc(N3CCS(=O)(=O)CC3)cc21. The molecule has 2 saturated heterocycles. The summed E-state index contributed by atoms with van der Waals surface area (Å²) < 4.78 is 29.4. The summed E-state index contributed by atoms with van der Waals surface area (Å²) >= 11 is 0. The van der Waals surface area contributed by atoms with Gasteiger partial charge < -0.3 is 15.0 Å². The summed E-state index contributed by atoms with van der Waals surface area (Å²) in [6.45, 7) is 2.71. The minimum atomic E-state index is -2.91. The van der Waals surface area contributed by atoms with Gasteiger partial charge in [0.1, 0.15) is 11.4 Å². The molecule has 7 heteroatoms. The molecule has 3 heterocycles. The molecule has 0 aromatic heterocycles. The Labute approximate surface area is 142 Å². The van der Waals surface area contributed by atoms with Crippen molar-refractivity contribution in [3.05, 3.63) is 23.8 Å². The van der Waals surface area contributed by atoms with E-state index in [9.17, 15) is 13.2 Å². The topological polar surface area (TPSA) is 75.7 Å². The van der Waals surface area contributed by atoms with Crippen molar-refractivity contribution >= 4 is 21.3 Å². The summed E-state index contributed by atoms with van der Waals surface area (Å²) in [4.78, 5) is 14.7. The van der Waals surface area contributed by atoms with E-state index in [1.165, 1.54) is 0 Å². The Bertz CT molecular complexity index is 755. The Hall–Kier alpha value is -1.60. The fourth-order valence-electron chi connectivity index (χ4n) is 3.81. The van der Waals surface area contributed by atoms with Crippen molar-refractivity contribution in [2.45, 2.75) is 24.9 Å². The predicted octanol–water partition coefficient (Wildman–Crippen LogP) is 1.01. The molecule has 0 atom stereocenters. The van der Waals surface area contributed by atoms with Crippen LogP contribution in [-0.4, -0.2) is 57.5 Å². The molecule has 4 rings (SSSR count). The van der Waals surface area contributed by atoms with Gasteiger partial charge in [0.2, 0.25) is 0 Å². The van der Waals surface area contributed by atoms with Crippen LogP contribution in [0.1, 0.15) is 29.6 Å².